The highest BCUT2D eigenvalue weighted by molar-refractivity contribution is 7.89. The lowest BCUT2D eigenvalue weighted by Crippen LogP contribution is -2.76. The SMILES string of the molecule is CC(C)(C)NC(=O)NC1CN(S(=O)(=O)c2ccc(Cl)cc2Cl)C2CN(C3CC3)C(=O)C(Cc3cccnc3)N2C1=O. The Hall–Kier alpha value is -2.93. The van der Waals surface area contributed by atoms with Crippen LogP contribution in [0.25, 0.3) is 0 Å². The van der Waals surface area contributed by atoms with Crippen LogP contribution in [0.5, 0.6) is 0 Å². The standard InChI is InChI=1S/C27H32Cl2N6O5S/c1-27(2,3)32-26(38)31-20-14-34(41(39,40)22-9-6-17(28)12-19(22)29)23-15-33(18-7-8-18)25(37)21(35(23)24(20)36)11-16-5-4-10-30-13-16/h4-6,9-10,12-13,18,20-21,23H,7-8,11,14-15H2,1-3H3,(H2,31,32,38). The molecule has 14 heteroatoms. The van der Waals surface area contributed by atoms with E-state index in [1.807, 2.05) is 0 Å². The predicted octanol–water partition coefficient (Wildman–Crippen LogP) is 2.63. The van der Waals surface area contributed by atoms with Crippen LogP contribution in [0.15, 0.2) is 47.6 Å². The monoisotopic (exact) mass is 622 g/mol. The summed E-state index contributed by atoms with van der Waals surface area (Å²) < 4.78 is 29.6. The van der Waals surface area contributed by atoms with Gasteiger partial charge < -0.3 is 20.4 Å². The van der Waals surface area contributed by atoms with Crippen LogP contribution in [0.4, 0.5) is 4.79 Å². The molecule has 3 atom stereocenters. The first kappa shape index (κ1) is 29.6. The van der Waals surface area contributed by atoms with Crippen molar-refractivity contribution in [2.75, 3.05) is 13.1 Å². The van der Waals surface area contributed by atoms with Crippen LogP contribution in [-0.2, 0) is 26.0 Å². The Morgan fingerprint density at radius 2 is 1.83 bits per heavy atom. The van der Waals surface area contributed by atoms with Crippen molar-refractivity contribution >= 4 is 51.1 Å². The zero-order chi connectivity index (χ0) is 29.7. The molecule has 11 nitrogen and oxygen atoms in total. The Morgan fingerprint density at radius 1 is 1.10 bits per heavy atom. The number of nitrogens with one attached hydrogen (secondary N) is 2. The first-order valence-corrected chi connectivity index (χ1v) is 15.5. The molecule has 220 valence electrons. The predicted molar refractivity (Wildman–Crippen MR) is 153 cm³/mol. The maximum Gasteiger partial charge on any atom is 0.315 e. The topological polar surface area (TPSA) is 132 Å². The number of rotatable bonds is 6. The Balaban J connectivity index is 1.59. The third-order valence-electron chi connectivity index (χ3n) is 7.25. The zero-order valence-corrected chi connectivity index (χ0v) is 25.2. The highest BCUT2D eigenvalue weighted by Gasteiger charge is 2.56. The molecule has 3 fully saturated rings. The van der Waals surface area contributed by atoms with E-state index < -0.39 is 45.7 Å². The Morgan fingerprint density at radius 3 is 2.44 bits per heavy atom. The van der Waals surface area contributed by atoms with Gasteiger partial charge in [0.1, 0.15) is 23.1 Å². The molecule has 3 aliphatic rings. The fourth-order valence-corrected chi connectivity index (χ4v) is 7.65. The fourth-order valence-electron chi connectivity index (χ4n) is 5.32. The summed E-state index contributed by atoms with van der Waals surface area (Å²) in [6.07, 6.45) is 3.95. The van der Waals surface area contributed by atoms with Gasteiger partial charge in [0.05, 0.1) is 11.6 Å². The van der Waals surface area contributed by atoms with Gasteiger partial charge in [-0.2, -0.15) is 4.31 Å². The van der Waals surface area contributed by atoms with Crippen LogP contribution in [0.1, 0.15) is 39.2 Å². The van der Waals surface area contributed by atoms with Crippen LogP contribution in [-0.4, -0.2) is 88.3 Å². The number of nitrogens with zero attached hydrogens (tertiary/aromatic N) is 4. The zero-order valence-electron chi connectivity index (χ0n) is 22.9. The minimum absolute atomic E-state index is 0.00409. The summed E-state index contributed by atoms with van der Waals surface area (Å²) in [6, 6.07) is 4.69. The number of urea groups is 1. The number of aromatic nitrogens is 1. The summed E-state index contributed by atoms with van der Waals surface area (Å²) in [5.74, 6) is -0.798. The number of carbonyl (C=O) groups excluding carboxylic acids is 3. The lowest BCUT2D eigenvalue weighted by molar-refractivity contribution is -0.167. The Labute approximate surface area is 249 Å². The molecular formula is C27H32Cl2N6O5S. The molecule has 1 aromatic carbocycles. The first-order chi connectivity index (χ1) is 19.3. The second kappa shape index (κ2) is 11.0. The molecule has 1 aromatic heterocycles. The molecule has 0 spiro atoms. The van der Waals surface area contributed by atoms with Crippen molar-refractivity contribution < 1.29 is 22.8 Å². The van der Waals surface area contributed by atoms with Crippen molar-refractivity contribution in [2.45, 2.75) is 74.8 Å². The molecule has 2 aromatic rings. The molecule has 1 aliphatic carbocycles. The molecule has 0 bridgehead atoms. The molecule has 2 N–H and O–H groups in total. The van der Waals surface area contributed by atoms with E-state index in [9.17, 15) is 22.8 Å². The number of piperazine rings is 1. The number of carbonyl (C=O) groups is 3. The van der Waals surface area contributed by atoms with Crippen LogP contribution in [0, 0.1) is 0 Å². The van der Waals surface area contributed by atoms with E-state index in [1.165, 1.54) is 27.4 Å². The average molecular weight is 624 g/mol. The van der Waals surface area contributed by atoms with Gasteiger partial charge in [0.15, 0.2) is 0 Å². The van der Waals surface area contributed by atoms with Crippen molar-refractivity contribution in [2.24, 2.45) is 0 Å². The van der Waals surface area contributed by atoms with Crippen LogP contribution >= 0.6 is 23.2 Å². The van der Waals surface area contributed by atoms with Gasteiger partial charge in [0.25, 0.3) is 0 Å². The summed E-state index contributed by atoms with van der Waals surface area (Å²) >= 11 is 12.4. The van der Waals surface area contributed by atoms with Crippen LogP contribution < -0.4 is 10.6 Å². The Bertz CT molecular complexity index is 1460. The number of fused-ring (bicyclic) bond motifs is 1. The second-order valence-corrected chi connectivity index (χ2v) is 14.3. The van der Waals surface area contributed by atoms with Crippen LogP contribution in [0.3, 0.4) is 0 Å². The number of hydrogen-bond acceptors (Lipinski definition) is 6. The number of sulfonamides is 1. The van der Waals surface area contributed by atoms with Gasteiger partial charge in [-0.3, -0.25) is 14.6 Å². The number of amides is 4. The lowest BCUT2D eigenvalue weighted by atomic mass is 9.97. The summed E-state index contributed by atoms with van der Waals surface area (Å²) in [4.78, 5) is 47.7. The first-order valence-electron chi connectivity index (χ1n) is 13.3. The third kappa shape index (κ3) is 6.15. The number of hydrogen-bond donors (Lipinski definition) is 2. The normalized spacial score (nSPS) is 23.8. The van der Waals surface area contributed by atoms with Crippen molar-refractivity contribution in [3.63, 3.8) is 0 Å². The maximum atomic E-state index is 14.2. The second-order valence-electron chi connectivity index (χ2n) is 11.6. The van der Waals surface area contributed by atoms with E-state index in [0.717, 1.165) is 12.8 Å². The summed E-state index contributed by atoms with van der Waals surface area (Å²) in [5.41, 5.74) is 0.104. The average Bonchev–Trinajstić information content (AvgIpc) is 3.71. The molecule has 0 radical (unpaired) electrons. The minimum atomic E-state index is -4.32. The van der Waals surface area contributed by atoms with E-state index in [-0.39, 0.29) is 46.4 Å². The molecule has 1 saturated carbocycles. The van der Waals surface area contributed by atoms with Crippen molar-refractivity contribution in [3.05, 3.63) is 58.3 Å². The largest absolute Gasteiger partial charge is 0.334 e. The molecule has 3 heterocycles. The van der Waals surface area contributed by atoms with Gasteiger partial charge >= 0.3 is 6.03 Å². The van der Waals surface area contributed by atoms with Gasteiger partial charge in [0, 0.05) is 42.0 Å². The van der Waals surface area contributed by atoms with Gasteiger partial charge in [-0.15, -0.1) is 0 Å². The molecule has 2 aliphatic heterocycles. The quantitative estimate of drug-likeness (QED) is 0.509. The highest BCUT2D eigenvalue weighted by Crippen LogP contribution is 2.38. The van der Waals surface area contributed by atoms with Crippen molar-refractivity contribution in [3.8, 4) is 0 Å². The molecule has 5 rings (SSSR count). The maximum absolute atomic E-state index is 14.2. The van der Waals surface area contributed by atoms with Crippen molar-refractivity contribution in [1.82, 2.24) is 29.7 Å². The van der Waals surface area contributed by atoms with E-state index >= 15 is 0 Å². The van der Waals surface area contributed by atoms with Gasteiger partial charge in [-0.25, -0.2) is 13.2 Å². The molecular weight excluding hydrogens is 591 g/mol. The van der Waals surface area contributed by atoms with Crippen molar-refractivity contribution in [1.29, 1.82) is 0 Å². The summed E-state index contributed by atoms with van der Waals surface area (Å²) in [7, 11) is -4.32. The third-order valence-corrected chi connectivity index (χ3v) is 9.83. The fraction of sp³-hybridized carbons (Fsp3) is 0.481. The Kier molecular flexibility index (Phi) is 7.97. The van der Waals surface area contributed by atoms with E-state index in [1.54, 1.807) is 50.2 Å². The number of halogens is 2. The van der Waals surface area contributed by atoms with Gasteiger partial charge in [0.2, 0.25) is 21.8 Å². The number of pyridine rings is 1. The van der Waals surface area contributed by atoms with Gasteiger partial charge in [-0.1, -0.05) is 29.3 Å². The van der Waals surface area contributed by atoms with Gasteiger partial charge in [-0.05, 0) is 63.4 Å². The number of benzene rings is 1. The molecule has 3 unspecified atom stereocenters. The summed E-state index contributed by atoms with van der Waals surface area (Å²) in [5, 5.41) is 5.58. The van der Waals surface area contributed by atoms with E-state index in [2.05, 4.69) is 15.6 Å². The smallest absolute Gasteiger partial charge is 0.315 e. The summed E-state index contributed by atoms with van der Waals surface area (Å²) in [6.45, 7) is 5.01. The minimum Gasteiger partial charge on any atom is -0.334 e. The lowest BCUT2D eigenvalue weighted by Gasteiger charge is -2.53. The highest BCUT2D eigenvalue weighted by atomic mass is 35.5. The van der Waals surface area contributed by atoms with E-state index in [0.29, 0.717) is 5.56 Å². The van der Waals surface area contributed by atoms with E-state index in [4.69, 9.17) is 23.2 Å². The molecule has 41 heavy (non-hydrogen) atoms. The van der Waals surface area contributed by atoms with Crippen LogP contribution in [0.2, 0.25) is 10.0 Å². The molecule has 2 saturated heterocycles. The molecule has 4 amide bonds.